The number of nitrogens with one attached hydrogen (secondary N) is 1. The van der Waals surface area contributed by atoms with Gasteiger partial charge in [0.05, 0.1) is 10.6 Å². The fraction of sp³-hybridized carbons (Fsp3) is 0.107. The molecule has 1 aromatic heterocycles. The van der Waals surface area contributed by atoms with Crippen LogP contribution in [0.4, 0.5) is 15.8 Å². The largest absolute Gasteiger partial charge is 0.337 e. The fourth-order valence-electron chi connectivity index (χ4n) is 4.11. The molecule has 1 aliphatic rings. The molecule has 8 heteroatoms. The van der Waals surface area contributed by atoms with E-state index in [1.54, 1.807) is 4.90 Å². The zero-order valence-corrected chi connectivity index (χ0v) is 21.3. The monoisotopic (exact) mass is 515 g/mol. The Labute approximate surface area is 217 Å². The lowest BCUT2D eigenvalue weighted by Gasteiger charge is -2.15. The highest BCUT2D eigenvalue weighted by atomic mass is 32.2. The molecule has 2 amide bonds. The molecule has 1 aliphatic heterocycles. The zero-order valence-electron chi connectivity index (χ0n) is 19.6. The maximum absolute atomic E-state index is 13.3. The molecule has 0 saturated carbocycles. The number of rotatable bonds is 5. The van der Waals surface area contributed by atoms with E-state index in [2.05, 4.69) is 5.32 Å². The molecule has 0 radical (unpaired) electrons. The number of hydrogen-bond acceptors (Lipinski definition) is 4. The van der Waals surface area contributed by atoms with E-state index in [9.17, 15) is 14.0 Å². The maximum Gasteiger partial charge on any atom is 0.270 e. The summed E-state index contributed by atoms with van der Waals surface area (Å²) in [4.78, 5) is 28.1. The second-order valence-electron chi connectivity index (χ2n) is 8.57. The minimum Gasteiger partial charge on any atom is -0.337 e. The van der Waals surface area contributed by atoms with Gasteiger partial charge in [0.2, 0.25) is 5.91 Å². The number of fused-ring (bicyclic) bond motifs is 1. The van der Waals surface area contributed by atoms with Gasteiger partial charge in [-0.15, -0.1) is 0 Å². The first-order valence-electron chi connectivity index (χ1n) is 11.3. The number of amides is 2. The molecule has 2 heterocycles. The number of carbonyl (C=O) groups is 2. The van der Waals surface area contributed by atoms with Crippen LogP contribution in [0.2, 0.25) is 0 Å². The Balaban J connectivity index is 1.43. The third-order valence-electron chi connectivity index (χ3n) is 6.09. The molecule has 1 fully saturated rings. The summed E-state index contributed by atoms with van der Waals surface area (Å²) >= 11 is 6.81. The Morgan fingerprint density at radius 1 is 1.06 bits per heavy atom. The third-order valence-corrected chi connectivity index (χ3v) is 7.39. The summed E-state index contributed by atoms with van der Waals surface area (Å²) in [5.74, 6) is -0.772. The molecule has 4 aromatic rings. The number of benzene rings is 3. The van der Waals surface area contributed by atoms with Gasteiger partial charge in [-0.05, 0) is 73.5 Å². The normalized spacial score (nSPS) is 14.8. The van der Waals surface area contributed by atoms with Gasteiger partial charge in [-0.3, -0.25) is 14.5 Å². The average Bonchev–Trinajstić information content (AvgIpc) is 3.33. The average molecular weight is 516 g/mol. The van der Waals surface area contributed by atoms with Gasteiger partial charge in [-0.25, -0.2) is 4.39 Å². The smallest absolute Gasteiger partial charge is 0.270 e. The summed E-state index contributed by atoms with van der Waals surface area (Å²) in [6.45, 7) is 4.10. The topological polar surface area (TPSA) is 54.3 Å². The van der Waals surface area contributed by atoms with E-state index in [0.717, 1.165) is 33.3 Å². The number of thiocarbonyl (C=S) groups is 1. The predicted octanol–water partition coefficient (Wildman–Crippen LogP) is 6.44. The van der Waals surface area contributed by atoms with Gasteiger partial charge in [0, 0.05) is 28.4 Å². The minimum absolute atomic E-state index is 0.0648. The van der Waals surface area contributed by atoms with Gasteiger partial charge in [0.25, 0.3) is 5.91 Å². The quantitative estimate of drug-likeness (QED) is 0.245. The van der Waals surface area contributed by atoms with Gasteiger partial charge in [-0.2, -0.15) is 0 Å². The highest BCUT2D eigenvalue weighted by Gasteiger charge is 2.33. The zero-order chi connectivity index (χ0) is 25.4. The van der Waals surface area contributed by atoms with Crippen molar-refractivity contribution in [3.05, 3.63) is 100 Å². The first-order chi connectivity index (χ1) is 17.3. The van der Waals surface area contributed by atoms with Crippen LogP contribution in [0, 0.1) is 19.7 Å². The van der Waals surface area contributed by atoms with E-state index in [1.807, 2.05) is 73.2 Å². The molecular formula is C28H22FN3O2S2. The number of anilines is 2. The highest BCUT2D eigenvalue weighted by molar-refractivity contribution is 8.27. The molecule has 0 atom stereocenters. The minimum atomic E-state index is -0.364. The first kappa shape index (κ1) is 24.0. The van der Waals surface area contributed by atoms with E-state index < -0.39 is 0 Å². The van der Waals surface area contributed by atoms with Crippen LogP contribution in [0.1, 0.15) is 16.7 Å². The van der Waals surface area contributed by atoms with Crippen molar-refractivity contribution in [2.24, 2.45) is 0 Å². The van der Waals surface area contributed by atoms with Crippen LogP contribution in [0.25, 0.3) is 17.0 Å². The van der Waals surface area contributed by atoms with Gasteiger partial charge in [0.1, 0.15) is 12.4 Å². The molecule has 3 aromatic carbocycles. The Morgan fingerprint density at radius 3 is 2.56 bits per heavy atom. The van der Waals surface area contributed by atoms with Crippen LogP contribution >= 0.6 is 24.0 Å². The lowest BCUT2D eigenvalue weighted by Crippen LogP contribution is -2.27. The van der Waals surface area contributed by atoms with E-state index in [4.69, 9.17) is 12.2 Å². The summed E-state index contributed by atoms with van der Waals surface area (Å²) in [6, 6.07) is 19.2. The van der Waals surface area contributed by atoms with Crippen molar-refractivity contribution in [1.29, 1.82) is 0 Å². The number of aryl methyl sites for hydroxylation is 2. The molecule has 0 bridgehead atoms. The number of aromatic nitrogens is 1. The van der Waals surface area contributed by atoms with E-state index in [-0.39, 0.29) is 24.2 Å². The number of carbonyl (C=O) groups excluding carboxylic acids is 2. The third kappa shape index (κ3) is 4.69. The summed E-state index contributed by atoms with van der Waals surface area (Å²) in [7, 11) is 0. The van der Waals surface area contributed by atoms with E-state index >= 15 is 0 Å². The molecule has 36 heavy (non-hydrogen) atoms. The van der Waals surface area contributed by atoms with Crippen LogP contribution in [0.15, 0.2) is 77.8 Å². The highest BCUT2D eigenvalue weighted by Crippen LogP contribution is 2.37. The van der Waals surface area contributed by atoms with Crippen molar-refractivity contribution in [3.8, 4) is 0 Å². The van der Waals surface area contributed by atoms with Crippen molar-refractivity contribution >= 4 is 68.5 Å². The molecule has 180 valence electrons. The second kappa shape index (κ2) is 9.72. The van der Waals surface area contributed by atoms with Gasteiger partial charge >= 0.3 is 0 Å². The first-order valence-corrected chi connectivity index (χ1v) is 12.5. The van der Waals surface area contributed by atoms with Crippen LogP contribution in [-0.2, 0) is 16.1 Å². The maximum atomic E-state index is 13.3. The number of halogens is 1. The number of thioether (sulfide) groups is 1. The van der Waals surface area contributed by atoms with Crippen molar-refractivity contribution in [2.75, 3.05) is 10.2 Å². The van der Waals surface area contributed by atoms with Gasteiger partial charge < -0.3 is 9.88 Å². The van der Waals surface area contributed by atoms with E-state index in [1.165, 1.54) is 36.0 Å². The van der Waals surface area contributed by atoms with Crippen LogP contribution < -0.4 is 10.2 Å². The molecule has 1 N–H and O–H groups in total. The Bertz CT molecular complexity index is 1560. The Hall–Kier alpha value is -3.75. The summed E-state index contributed by atoms with van der Waals surface area (Å²) in [5.41, 5.74) is 5.20. The van der Waals surface area contributed by atoms with Crippen molar-refractivity contribution in [2.45, 2.75) is 20.4 Å². The lowest BCUT2D eigenvalue weighted by molar-refractivity contribution is -0.116. The second-order valence-corrected chi connectivity index (χ2v) is 10.2. The lowest BCUT2D eigenvalue weighted by atomic mass is 10.1. The fourth-order valence-corrected chi connectivity index (χ4v) is 5.40. The molecule has 1 saturated heterocycles. The van der Waals surface area contributed by atoms with Crippen molar-refractivity contribution in [3.63, 3.8) is 0 Å². The SMILES string of the molecule is Cc1ccc(N2C(=O)C(=Cc3cn(CC(=O)Nc4ccc(F)cc4)c4ccccc34)SC2=S)cc1C. The van der Waals surface area contributed by atoms with Crippen molar-refractivity contribution < 1.29 is 14.0 Å². The van der Waals surface area contributed by atoms with Gasteiger partial charge in [0.15, 0.2) is 4.32 Å². The predicted molar refractivity (Wildman–Crippen MR) is 149 cm³/mol. The number of hydrogen-bond donors (Lipinski definition) is 1. The summed E-state index contributed by atoms with van der Waals surface area (Å²) < 4.78 is 15.5. The standard InChI is InChI=1S/C28H22FN3O2S2/c1-17-7-12-22(13-18(17)2)32-27(34)25(36-28(32)35)14-19-15-31(24-6-4-3-5-23(19)24)16-26(33)30-21-10-8-20(29)9-11-21/h3-15H,16H2,1-2H3,(H,30,33). The van der Waals surface area contributed by atoms with Crippen LogP contribution in [-0.4, -0.2) is 20.7 Å². The molecule has 0 unspecified atom stereocenters. The van der Waals surface area contributed by atoms with Gasteiger partial charge in [-0.1, -0.05) is 48.2 Å². The number of para-hydroxylation sites is 1. The molecule has 5 nitrogen and oxygen atoms in total. The molecular weight excluding hydrogens is 493 g/mol. The number of nitrogens with zero attached hydrogens (tertiary/aromatic N) is 2. The van der Waals surface area contributed by atoms with E-state index in [0.29, 0.717) is 14.9 Å². The van der Waals surface area contributed by atoms with Crippen molar-refractivity contribution in [1.82, 2.24) is 4.57 Å². The molecule has 0 spiro atoms. The molecule has 5 rings (SSSR count). The van der Waals surface area contributed by atoms with Crippen LogP contribution in [0.5, 0.6) is 0 Å². The van der Waals surface area contributed by atoms with Crippen LogP contribution in [0.3, 0.4) is 0 Å². The molecule has 0 aliphatic carbocycles. The summed E-state index contributed by atoms with van der Waals surface area (Å²) in [6.07, 6.45) is 3.69. The summed E-state index contributed by atoms with van der Waals surface area (Å²) in [5, 5.41) is 3.71. The Kier molecular flexibility index (Phi) is 6.47. The Morgan fingerprint density at radius 2 is 1.81 bits per heavy atom.